The lowest BCUT2D eigenvalue weighted by Crippen LogP contribution is -2.40. The molecule has 0 N–H and O–H groups in total. The van der Waals surface area contributed by atoms with E-state index in [-0.39, 0.29) is 17.7 Å². The van der Waals surface area contributed by atoms with Crippen molar-refractivity contribution in [2.75, 3.05) is 26.3 Å². The van der Waals surface area contributed by atoms with Crippen LogP contribution in [-0.4, -0.2) is 52.2 Å². The zero-order valence-corrected chi connectivity index (χ0v) is 15.9. The standard InChI is InChI=1S/C20H26N4O3/c1-13(2)20(25)24-7-4-15(5-8-24)18-22-19(27-23-18)16-3-6-21-17(10-16)9-14-11-26-12-14/h3,6,10,13-15H,4-5,7-9,11-12H2,1-2H3. The number of ether oxygens (including phenoxy) is 1. The number of hydrogen-bond donors (Lipinski definition) is 0. The Bertz CT molecular complexity index is 792. The molecule has 2 fully saturated rings. The maximum atomic E-state index is 12.1. The molecule has 0 atom stereocenters. The van der Waals surface area contributed by atoms with E-state index in [2.05, 4.69) is 15.1 Å². The lowest BCUT2D eigenvalue weighted by Gasteiger charge is -2.31. The highest BCUT2D eigenvalue weighted by molar-refractivity contribution is 5.78. The molecule has 7 nitrogen and oxygen atoms in total. The molecule has 2 aliphatic heterocycles. The van der Waals surface area contributed by atoms with Gasteiger partial charge in [-0.15, -0.1) is 0 Å². The summed E-state index contributed by atoms with van der Waals surface area (Å²) in [5.74, 6) is 2.36. The van der Waals surface area contributed by atoms with Gasteiger partial charge >= 0.3 is 0 Å². The average molecular weight is 370 g/mol. The van der Waals surface area contributed by atoms with Crippen LogP contribution in [0.4, 0.5) is 0 Å². The Kier molecular flexibility index (Phi) is 5.20. The van der Waals surface area contributed by atoms with Gasteiger partial charge in [-0.25, -0.2) is 0 Å². The Morgan fingerprint density at radius 2 is 2.07 bits per heavy atom. The quantitative estimate of drug-likeness (QED) is 0.805. The largest absolute Gasteiger partial charge is 0.381 e. The first-order valence-corrected chi connectivity index (χ1v) is 9.75. The summed E-state index contributed by atoms with van der Waals surface area (Å²) in [6.45, 7) is 7.04. The van der Waals surface area contributed by atoms with Crippen molar-refractivity contribution in [1.82, 2.24) is 20.0 Å². The number of rotatable bonds is 5. The second-order valence-corrected chi connectivity index (χ2v) is 7.86. The number of hydrogen-bond acceptors (Lipinski definition) is 6. The van der Waals surface area contributed by atoms with E-state index in [0.717, 1.165) is 62.6 Å². The summed E-state index contributed by atoms with van der Waals surface area (Å²) in [6, 6.07) is 3.93. The first-order valence-electron chi connectivity index (χ1n) is 9.75. The molecule has 27 heavy (non-hydrogen) atoms. The third-order valence-corrected chi connectivity index (χ3v) is 5.38. The van der Waals surface area contributed by atoms with Crippen molar-refractivity contribution >= 4 is 5.91 Å². The predicted molar refractivity (Wildman–Crippen MR) is 98.9 cm³/mol. The van der Waals surface area contributed by atoms with Crippen LogP contribution in [0.3, 0.4) is 0 Å². The van der Waals surface area contributed by atoms with Crippen LogP contribution in [0.2, 0.25) is 0 Å². The van der Waals surface area contributed by atoms with Crippen molar-refractivity contribution in [3.8, 4) is 11.5 Å². The van der Waals surface area contributed by atoms with Gasteiger partial charge in [-0.1, -0.05) is 19.0 Å². The number of amides is 1. The van der Waals surface area contributed by atoms with Crippen molar-refractivity contribution in [2.24, 2.45) is 11.8 Å². The maximum Gasteiger partial charge on any atom is 0.258 e. The normalized spacial score (nSPS) is 18.7. The highest BCUT2D eigenvalue weighted by Crippen LogP contribution is 2.29. The molecule has 1 amide bonds. The molecule has 0 saturated carbocycles. The van der Waals surface area contributed by atoms with Crippen molar-refractivity contribution in [3.63, 3.8) is 0 Å². The summed E-state index contributed by atoms with van der Waals surface area (Å²) in [5, 5.41) is 4.21. The van der Waals surface area contributed by atoms with Crippen LogP contribution >= 0.6 is 0 Å². The molecule has 0 aromatic carbocycles. The van der Waals surface area contributed by atoms with E-state index in [1.54, 1.807) is 6.20 Å². The van der Waals surface area contributed by atoms with Crippen molar-refractivity contribution < 1.29 is 14.1 Å². The number of pyridine rings is 1. The van der Waals surface area contributed by atoms with Gasteiger partial charge in [0.2, 0.25) is 5.91 Å². The summed E-state index contributed by atoms with van der Waals surface area (Å²) < 4.78 is 10.8. The molecule has 2 aromatic heterocycles. The maximum absolute atomic E-state index is 12.1. The molecular formula is C20H26N4O3. The number of carbonyl (C=O) groups is 1. The van der Waals surface area contributed by atoms with E-state index in [0.29, 0.717) is 11.8 Å². The van der Waals surface area contributed by atoms with E-state index >= 15 is 0 Å². The minimum Gasteiger partial charge on any atom is -0.381 e. The number of aromatic nitrogens is 3. The topological polar surface area (TPSA) is 81.4 Å². The molecule has 4 rings (SSSR count). The summed E-state index contributed by atoms with van der Waals surface area (Å²) in [4.78, 5) is 23.1. The molecular weight excluding hydrogens is 344 g/mol. The van der Waals surface area contributed by atoms with E-state index in [1.165, 1.54) is 0 Å². The van der Waals surface area contributed by atoms with Gasteiger partial charge in [0, 0.05) is 48.3 Å². The van der Waals surface area contributed by atoms with Crippen LogP contribution < -0.4 is 0 Å². The van der Waals surface area contributed by atoms with Crippen LogP contribution in [0.15, 0.2) is 22.9 Å². The fourth-order valence-electron chi connectivity index (χ4n) is 3.66. The molecule has 0 unspecified atom stereocenters. The molecule has 0 aliphatic carbocycles. The lowest BCUT2D eigenvalue weighted by molar-refractivity contribution is -0.135. The molecule has 7 heteroatoms. The molecule has 0 bridgehead atoms. The number of likely N-dealkylation sites (tertiary alicyclic amines) is 1. The smallest absolute Gasteiger partial charge is 0.258 e. The number of carbonyl (C=O) groups excluding carboxylic acids is 1. The number of nitrogens with zero attached hydrogens (tertiary/aromatic N) is 4. The van der Waals surface area contributed by atoms with E-state index in [1.807, 2.05) is 30.9 Å². The van der Waals surface area contributed by atoms with Crippen LogP contribution in [-0.2, 0) is 16.0 Å². The van der Waals surface area contributed by atoms with E-state index < -0.39 is 0 Å². The van der Waals surface area contributed by atoms with Crippen LogP contribution in [0, 0.1) is 11.8 Å². The van der Waals surface area contributed by atoms with Crippen LogP contribution in [0.25, 0.3) is 11.5 Å². The highest BCUT2D eigenvalue weighted by Gasteiger charge is 2.28. The SMILES string of the molecule is CC(C)C(=O)N1CCC(c2noc(-c3ccnc(CC4COC4)c3)n2)CC1. The summed E-state index contributed by atoms with van der Waals surface area (Å²) in [5.41, 5.74) is 1.94. The highest BCUT2D eigenvalue weighted by atomic mass is 16.5. The van der Waals surface area contributed by atoms with Gasteiger partial charge in [0.1, 0.15) is 0 Å². The monoisotopic (exact) mass is 370 g/mol. The summed E-state index contributed by atoms with van der Waals surface area (Å²) >= 11 is 0. The fraction of sp³-hybridized carbons (Fsp3) is 0.600. The third-order valence-electron chi connectivity index (χ3n) is 5.38. The molecule has 2 aromatic rings. The third kappa shape index (κ3) is 4.03. The second kappa shape index (κ2) is 7.76. The van der Waals surface area contributed by atoms with Gasteiger partial charge in [0.15, 0.2) is 5.82 Å². The molecule has 0 spiro atoms. The first kappa shape index (κ1) is 18.1. The van der Waals surface area contributed by atoms with Crippen LogP contribution in [0.5, 0.6) is 0 Å². The Labute approximate surface area is 159 Å². The summed E-state index contributed by atoms with van der Waals surface area (Å²) in [6.07, 6.45) is 4.46. The minimum atomic E-state index is 0.0470. The molecule has 2 aliphatic rings. The van der Waals surface area contributed by atoms with Gasteiger partial charge in [-0.2, -0.15) is 4.98 Å². The van der Waals surface area contributed by atoms with Crippen molar-refractivity contribution in [3.05, 3.63) is 29.8 Å². The van der Waals surface area contributed by atoms with E-state index in [9.17, 15) is 4.79 Å². The van der Waals surface area contributed by atoms with Gasteiger partial charge in [0.25, 0.3) is 5.89 Å². The fourth-order valence-corrected chi connectivity index (χ4v) is 3.66. The lowest BCUT2D eigenvalue weighted by atomic mass is 9.95. The second-order valence-electron chi connectivity index (χ2n) is 7.86. The minimum absolute atomic E-state index is 0.0470. The molecule has 4 heterocycles. The Hall–Kier alpha value is -2.28. The van der Waals surface area contributed by atoms with Crippen molar-refractivity contribution in [2.45, 2.75) is 39.0 Å². The van der Waals surface area contributed by atoms with Crippen LogP contribution in [0.1, 0.15) is 44.1 Å². The van der Waals surface area contributed by atoms with Gasteiger partial charge in [-0.05, 0) is 31.4 Å². The van der Waals surface area contributed by atoms with Gasteiger partial charge in [0.05, 0.1) is 13.2 Å². The van der Waals surface area contributed by atoms with Crippen molar-refractivity contribution in [1.29, 1.82) is 0 Å². The average Bonchev–Trinajstić information content (AvgIpc) is 3.15. The Balaban J connectivity index is 1.40. The molecule has 144 valence electrons. The zero-order chi connectivity index (χ0) is 18.8. The number of piperidine rings is 1. The van der Waals surface area contributed by atoms with Gasteiger partial charge < -0.3 is 14.2 Å². The molecule has 0 radical (unpaired) electrons. The summed E-state index contributed by atoms with van der Waals surface area (Å²) in [7, 11) is 0. The van der Waals surface area contributed by atoms with E-state index in [4.69, 9.17) is 9.26 Å². The Morgan fingerprint density at radius 3 is 2.74 bits per heavy atom. The Morgan fingerprint density at radius 1 is 1.30 bits per heavy atom. The first-order chi connectivity index (χ1) is 13.1. The predicted octanol–water partition coefficient (Wildman–Crippen LogP) is 2.68. The van der Waals surface area contributed by atoms with Gasteiger partial charge in [-0.3, -0.25) is 9.78 Å². The zero-order valence-electron chi connectivity index (χ0n) is 15.9. The molecule has 2 saturated heterocycles.